The quantitative estimate of drug-likeness (QED) is 0.872. The second kappa shape index (κ2) is 6.99. The Morgan fingerprint density at radius 1 is 1.42 bits per heavy atom. The van der Waals surface area contributed by atoms with Crippen LogP contribution in [-0.2, 0) is 16.1 Å². The molecule has 1 aromatic rings. The first-order valence-electron chi connectivity index (χ1n) is 5.80. The third-order valence-electron chi connectivity index (χ3n) is 2.47. The molecule has 1 rings (SSSR count). The standard InChI is InChI=1S/C13H16ClNO4/c1-8(2)11(12(16)17)15-13(18)19-7-9-4-3-5-10(14)6-9/h3-6,8,11H,7H2,1-2H3,(H,15,18)(H,16,17). The molecule has 1 amide bonds. The summed E-state index contributed by atoms with van der Waals surface area (Å²) in [6, 6.07) is 5.92. The molecule has 1 unspecified atom stereocenters. The summed E-state index contributed by atoms with van der Waals surface area (Å²) in [5.74, 6) is -1.31. The predicted octanol–water partition coefficient (Wildman–Crippen LogP) is 2.68. The van der Waals surface area contributed by atoms with E-state index in [0.29, 0.717) is 5.02 Å². The SMILES string of the molecule is CC(C)C(NC(=O)OCc1cccc(Cl)c1)C(=O)O. The van der Waals surface area contributed by atoms with Crippen LogP contribution in [0, 0.1) is 5.92 Å². The Labute approximate surface area is 116 Å². The number of carbonyl (C=O) groups is 2. The average molecular weight is 286 g/mol. The van der Waals surface area contributed by atoms with E-state index in [0.717, 1.165) is 5.56 Å². The second-order valence-corrected chi connectivity index (χ2v) is 4.85. The van der Waals surface area contributed by atoms with E-state index in [1.54, 1.807) is 38.1 Å². The molecule has 0 aliphatic carbocycles. The van der Waals surface area contributed by atoms with E-state index >= 15 is 0 Å². The molecule has 0 fully saturated rings. The van der Waals surface area contributed by atoms with E-state index in [1.807, 2.05) is 0 Å². The van der Waals surface area contributed by atoms with Crippen molar-refractivity contribution in [3.8, 4) is 0 Å². The number of benzene rings is 1. The number of hydrogen-bond acceptors (Lipinski definition) is 3. The van der Waals surface area contributed by atoms with Gasteiger partial charge in [0.15, 0.2) is 0 Å². The first-order valence-corrected chi connectivity index (χ1v) is 6.18. The van der Waals surface area contributed by atoms with Crippen LogP contribution in [0.2, 0.25) is 5.02 Å². The summed E-state index contributed by atoms with van der Waals surface area (Å²) in [6.45, 7) is 3.45. The molecule has 0 aliphatic rings. The maximum Gasteiger partial charge on any atom is 0.408 e. The van der Waals surface area contributed by atoms with Gasteiger partial charge in [-0.3, -0.25) is 0 Å². The Morgan fingerprint density at radius 3 is 2.63 bits per heavy atom. The second-order valence-electron chi connectivity index (χ2n) is 4.41. The van der Waals surface area contributed by atoms with Gasteiger partial charge in [-0.05, 0) is 23.6 Å². The van der Waals surface area contributed by atoms with Crippen LogP contribution in [0.25, 0.3) is 0 Å². The first-order chi connectivity index (χ1) is 8.90. The fraction of sp³-hybridized carbons (Fsp3) is 0.385. The molecule has 0 spiro atoms. The lowest BCUT2D eigenvalue weighted by Gasteiger charge is -2.17. The molecule has 0 aliphatic heterocycles. The van der Waals surface area contributed by atoms with Gasteiger partial charge in [0, 0.05) is 5.02 Å². The maximum atomic E-state index is 11.5. The number of alkyl carbamates (subject to hydrolysis) is 1. The van der Waals surface area contributed by atoms with Crippen LogP contribution in [0.5, 0.6) is 0 Å². The highest BCUT2D eigenvalue weighted by molar-refractivity contribution is 6.30. The molecule has 1 aromatic carbocycles. The van der Waals surface area contributed by atoms with Crippen LogP contribution < -0.4 is 5.32 Å². The Bertz CT molecular complexity index is 462. The van der Waals surface area contributed by atoms with Gasteiger partial charge in [0.25, 0.3) is 0 Å². The van der Waals surface area contributed by atoms with Gasteiger partial charge in [-0.1, -0.05) is 37.6 Å². The largest absolute Gasteiger partial charge is 0.480 e. The van der Waals surface area contributed by atoms with Crippen LogP contribution in [-0.4, -0.2) is 23.2 Å². The van der Waals surface area contributed by atoms with E-state index < -0.39 is 18.1 Å². The number of halogens is 1. The lowest BCUT2D eigenvalue weighted by Crippen LogP contribution is -2.44. The summed E-state index contributed by atoms with van der Waals surface area (Å²) in [6.07, 6.45) is -0.763. The Balaban J connectivity index is 2.49. The molecule has 0 heterocycles. The molecule has 0 saturated heterocycles. The van der Waals surface area contributed by atoms with Crippen molar-refractivity contribution in [2.75, 3.05) is 0 Å². The van der Waals surface area contributed by atoms with E-state index in [4.69, 9.17) is 21.4 Å². The van der Waals surface area contributed by atoms with Gasteiger partial charge >= 0.3 is 12.1 Å². The summed E-state index contributed by atoms with van der Waals surface area (Å²) in [5.41, 5.74) is 0.735. The third-order valence-corrected chi connectivity index (χ3v) is 2.70. The topological polar surface area (TPSA) is 75.6 Å². The molecule has 104 valence electrons. The number of aliphatic carboxylic acids is 1. The van der Waals surface area contributed by atoms with Crippen LogP contribution >= 0.6 is 11.6 Å². The number of carbonyl (C=O) groups excluding carboxylic acids is 1. The normalized spacial score (nSPS) is 12.0. The lowest BCUT2D eigenvalue weighted by molar-refractivity contribution is -0.140. The number of carboxylic acid groups (broad SMARTS) is 1. The third kappa shape index (κ3) is 5.18. The van der Waals surface area contributed by atoms with Crippen molar-refractivity contribution in [3.63, 3.8) is 0 Å². The van der Waals surface area contributed by atoms with E-state index in [1.165, 1.54) is 0 Å². The van der Waals surface area contributed by atoms with Crippen molar-refractivity contribution in [2.24, 2.45) is 5.92 Å². The van der Waals surface area contributed by atoms with E-state index in [2.05, 4.69) is 5.32 Å². The zero-order chi connectivity index (χ0) is 14.4. The number of ether oxygens (including phenoxy) is 1. The summed E-state index contributed by atoms with van der Waals surface area (Å²) >= 11 is 5.79. The Hall–Kier alpha value is -1.75. The summed E-state index contributed by atoms with van der Waals surface area (Å²) in [7, 11) is 0. The highest BCUT2D eigenvalue weighted by Gasteiger charge is 2.23. The van der Waals surface area contributed by atoms with Crippen LogP contribution in [0.15, 0.2) is 24.3 Å². The Kier molecular flexibility index (Phi) is 5.63. The minimum absolute atomic E-state index is 0.0385. The molecule has 0 radical (unpaired) electrons. The molecule has 0 aromatic heterocycles. The number of carboxylic acids is 1. The molecule has 0 bridgehead atoms. The number of hydrogen-bond donors (Lipinski definition) is 2. The highest BCUT2D eigenvalue weighted by atomic mass is 35.5. The zero-order valence-corrected chi connectivity index (χ0v) is 11.5. The fourth-order valence-electron chi connectivity index (χ4n) is 1.46. The van der Waals surface area contributed by atoms with Gasteiger partial charge in [0.2, 0.25) is 0 Å². The van der Waals surface area contributed by atoms with Gasteiger partial charge in [0.1, 0.15) is 12.6 Å². The van der Waals surface area contributed by atoms with Gasteiger partial charge in [-0.2, -0.15) is 0 Å². The number of amides is 1. The smallest absolute Gasteiger partial charge is 0.408 e. The van der Waals surface area contributed by atoms with Crippen LogP contribution in [0.1, 0.15) is 19.4 Å². The average Bonchev–Trinajstić information content (AvgIpc) is 2.32. The van der Waals surface area contributed by atoms with E-state index in [9.17, 15) is 9.59 Å². The maximum absolute atomic E-state index is 11.5. The molecule has 5 nitrogen and oxygen atoms in total. The summed E-state index contributed by atoms with van der Waals surface area (Å²) in [4.78, 5) is 22.4. The fourth-order valence-corrected chi connectivity index (χ4v) is 1.67. The van der Waals surface area contributed by atoms with Crippen molar-refractivity contribution < 1.29 is 19.4 Å². The molecule has 2 N–H and O–H groups in total. The van der Waals surface area contributed by atoms with Crippen LogP contribution in [0.3, 0.4) is 0 Å². The molecule has 1 atom stereocenters. The van der Waals surface area contributed by atoms with Gasteiger partial charge < -0.3 is 15.2 Å². The summed E-state index contributed by atoms with van der Waals surface area (Å²) in [5, 5.41) is 11.8. The minimum atomic E-state index is -1.09. The Morgan fingerprint density at radius 2 is 2.11 bits per heavy atom. The van der Waals surface area contributed by atoms with Crippen molar-refractivity contribution in [2.45, 2.75) is 26.5 Å². The molecular formula is C13H16ClNO4. The molecular weight excluding hydrogens is 270 g/mol. The highest BCUT2D eigenvalue weighted by Crippen LogP contribution is 2.11. The monoisotopic (exact) mass is 285 g/mol. The first kappa shape index (κ1) is 15.3. The van der Waals surface area contributed by atoms with Crippen molar-refractivity contribution >= 4 is 23.7 Å². The van der Waals surface area contributed by atoms with E-state index in [-0.39, 0.29) is 12.5 Å². The molecule has 0 saturated carbocycles. The molecule has 19 heavy (non-hydrogen) atoms. The minimum Gasteiger partial charge on any atom is -0.480 e. The molecule has 6 heteroatoms. The number of nitrogens with one attached hydrogen (secondary N) is 1. The van der Waals surface area contributed by atoms with Crippen molar-refractivity contribution in [3.05, 3.63) is 34.9 Å². The summed E-state index contributed by atoms with van der Waals surface area (Å²) < 4.78 is 4.94. The zero-order valence-electron chi connectivity index (χ0n) is 10.7. The lowest BCUT2D eigenvalue weighted by atomic mass is 10.1. The van der Waals surface area contributed by atoms with Crippen molar-refractivity contribution in [1.29, 1.82) is 0 Å². The van der Waals surface area contributed by atoms with Gasteiger partial charge in [-0.25, -0.2) is 9.59 Å². The van der Waals surface area contributed by atoms with Gasteiger partial charge in [-0.15, -0.1) is 0 Å². The van der Waals surface area contributed by atoms with Crippen molar-refractivity contribution in [1.82, 2.24) is 5.32 Å². The van der Waals surface area contributed by atoms with Gasteiger partial charge in [0.05, 0.1) is 0 Å². The number of rotatable bonds is 5. The van der Waals surface area contributed by atoms with Crippen LogP contribution in [0.4, 0.5) is 4.79 Å². The predicted molar refractivity (Wildman–Crippen MR) is 71.0 cm³/mol.